The van der Waals surface area contributed by atoms with E-state index in [1.165, 1.54) is 23.5 Å². The van der Waals surface area contributed by atoms with Gasteiger partial charge in [-0.3, -0.25) is 4.79 Å². The predicted octanol–water partition coefficient (Wildman–Crippen LogP) is 4.71. The van der Waals surface area contributed by atoms with Crippen LogP contribution in [0.4, 0.5) is 13.9 Å². The second kappa shape index (κ2) is 7.67. The smallest absolute Gasteiger partial charge is 0.497 e. The molecule has 0 bridgehead atoms. The summed E-state index contributed by atoms with van der Waals surface area (Å²) in [5.74, 6) is 0.488. The Morgan fingerprint density at radius 3 is 2.69 bits per heavy atom. The number of hydrogen-bond acceptors (Lipinski definition) is 6. The molecule has 1 amide bonds. The van der Waals surface area contributed by atoms with E-state index in [2.05, 4.69) is 19.8 Å². The summed E-state index contributed by atoms with van der Waals surface area (Å²) in [6.45, 7) is 0. The number of alkyl halides is 2. The fourth-order valence-corrected chi connectivity index (χ4v) is 3.55. The lowest BCUT2D eigenvalue weighted by Crippen LogP contribution is -2.25. The number of rotatable bonds is 6. The normalized spacial score (nSPS) is 13.9. The van der Waals surface area contributed by atoms with E-state index in [0.29, 0.717) is 17.1 Å². The fourth-order valence-electron chi connectivity index (χ4n) is 2.81. The maximum absolute atomic E-state index is 13.1. The lowest BCUT2D eigenvalue weighted by molar-refractivity contribution is -0.286. The highest BCUT2D eigenvalue weighted by Gasteiger charge is 2.43. The lowest BCUT2D eigenvalue weighted by Gasteiger charge is -2.04. The number of amides is 1. The van der Waals surface area contributed by atoms with E-state index < -0.39 is 6.29 Å². The number of carbonyl (C=O) groups excluding carboxylic acids is 1. The molecule has 0 radical (unpaired) electrons. The summed E-state index contributed by atoms with van der Waals surface area (Å²) in [5.41, 5.74) is 2.36. The van der Waals surface area contributed by atoms with Crippen LogP contribution in [0.1, 0.15) is 12.0 Å². The molecule has 1 aromatic heterocycles. The molecule has 29 heavy (non-hydrogen) atoms. The Bertz CT molecular complexity index is 1040. The summed E-state index contributed by atoms with van der Waals surface area (Å²) in [4.78, 5) is 16.6. The summed E-state index contributed by atoms with van der Waals surface area (Å²) in [7, 11) is 1.60. The second-order valence-corrected chi connectivity index (χ2v) is 7.12. The van der Waals surface area contributed by atoms with Gasteiger partial charge in [-0.15, -0.1) is 20.1 Å². The van der Waals surface area contributed by atoms with Crippen LogP contribution in [0.25, 0.3) is 11.3 Å². The van der Waals surface area contributed by atoms with E-state index in [0.717, 1.165) is 17.0 Å². The first kappa shape index (κ1) is 19.1. The van der Waals surface area contributed by atoms with Crippen molar-refractivity contribution in [1.82, 2.24) is 4.98 Å². The van der Waals surface area contributed by atoms with Crippen LogP contribution >= 0.6 is 11.3 Å². The van der Waals surface area contributed by atoms with Gasteiger partial charge in [-0.05, 0) is 48.4 Å². The van der Waals surface area contributed by atoms with Crippen molar-refractivity contribution in [2.75, 3.05) is 12.4 Å². The topological polar surface area (TPSA) is 69.7 Å². The van der Waals surface area contributed by atoms with Crippen molar-refractivity contribution in [2.24, 2.45) is 0 Å². The Labute approximate surface area is 169 Å². The molecule has 1 aliphatic rings. The minimum Gasteiger partial charge on any atom is -0.497 e. The fraction of sp³-hybridized carbons (Fsp3) is 0.200. The van der Waals surface area contributed by atoms with E-state index in [1.54, 1.807) is 13.2 Å². The van der Waals surface area contributed by atoms with E-state index in [4.69, 9.17) is 4.74 Å². The molecule has 1 N–H and O–H groups in total. The molecule has 4 rings (SSSR count). The van der Waals surface area contributed by atoms with Crippen LogP contribution in [0.15, 0.2) is 47.8 Å². The number of anilines is 1. The van der Waals surface area contributed by atoms with E-state index in [9.17, 15) is 13.6 Å². The first-order valence-electron chi connectivity index (χ1n) is 8.70. The van der Waals surface area contributed by atoms with Gasteiger partial charge in [0.05, 0.1) is 12.8 Å². The Balaban J connectivity index is 1.33. The molecule has 0 spiro atoms. The van der Waals surface area contributed by atoms with Gasteiger partial charge in [-0.2, -0.15) is 0 Å². The number of fused-ring (bicyclic) bond motifs is 1. The number of methoxy groups -OCH3 is 1. The van der Waals surface area contributed by atoms with Gasteiger partial charge in [0.15, 0.2) is 16.6 Å². The van der Waals surface area contributed by atoms with E-state index in [-0.39, 0.29) is 23.8 Å². The van der Waals surface area contributed by atoms with Crippen LogP contribution in [0.2, 0.25) is 0 Å². The van der Waals surface area contributed by atoms with Gasteiger partial charge in [0.1, 0.15) is 5.75 Å². The zero-order valence-electron chi connectivity index (χ0n) is 15.3. The number of thiazole rings is 1. The Morgan fingerprint density at radius 2 is 1.93 bits per heavy atom. The largest absolute Gasteiger partial charge is 0.586 e. The molecular formula is C20H16F2N2O4S. The summed E-state index contributed by atoms with van der Waals surface area (Å²) < 4.78 is 40.0. The molecular weight excluding hydrogens is 402 g/mol. The minimum atomic E-state index is -3.65. The zero-order chi connectivity index (χ0) is 20.4. The van der Waals surface area contributed by atoms with Crippen molar-refractivity contribution in [2.45, 2.75) is 19.1 Å². The highest BCUT2D eigenvalue weighted by molar-refractivity contribution is 7.14. The van der Waals surface area contributed by atoms with Gasteiger partial charge in [0.25, 0.3) is 0 Å². The van der Waals surface area contributed by atoms with Crippen LogP contribution < -0.4 is 19.5 Å². The first-order chi connectivity index (χ1) is 13.9. The highest BCUT2D eigenvalue weighted by atomic mass is 32.1. The van der Waals surface area contributed by atoms with Gasteiger partial charge < -0.3 is 19.5 Å². The number of hydrogen-bond donors (Lipinski definition) is 1. The van der Waals surface area contributed by atoms with Gasteiger partial charge >= 0.3 is 6.29 Å². The molecule has 0 unspecified atom stereocenters. The molecule has 150 valence electrons. The van der Waals surface area contributed by atoms with Gasteiger partial charge in [-0.25, -0.2) is 4.98 Å². The summed E-state index contributed by atoms with van der Waals surface area (Å²) in [5, 5.41) is 5.11. The summed E-state index contributed by atoms with van der Waals surface area (Å²) >= 11 is 1.33. The van der Waals surface area contributed by atoms with Crippen LogP contribution in [-0.2, 0) is 11.2 Å². The lowest BCUT2D eigenvalue weighted by atomic mass is 10.1. The predicted molar refractivity (Wildman–Crippen MR) is 104 cm³/mol. The molecule has 1 aliphatic heterocycles. The van der Waals surface area contributed by atoms with Gasteiger partial charge in [0, 0.05) is 17.4 Å². The summed E-state index contributed by atoms with van der Waals surface area (Å²) in [6, 6.07) is 12.0. The molecule has 0 fully saturated rings. The maximum Gasteiger partial charge on any atom is 0.586 e. The zero-order valence-corrected chi connectivity index (χ0v) is 16.1. The van der Waals surface area contributed by atoms with Crippen molar-refractivity contribution >= 4 is 22.4 Å². The Kier molecular flexibility index (Phi) is 5.06. The van der Waals surface area contributed by atoms with Crippen molar-refractivity contribution in [3.05, 3.63) is 53.4 Å². The standard InChI is InChI=1S/C20H16F2N2O4S/c1-26-14-6-4-13(5-7-14)15-11-29-19(23-15)24-18(25)9-3-12-2-8-16-17(10-12)28-20(21,22)27-16/h2,4-8,10-11H,3,9H2,1H3,(H,23,24,25). The maximum atomic E-state index is 13.1. The molecule has 2 aromatic carbocycles. The molecule has 9 heteroatoms. The number of benzene rings is 2. The van der Waals surface area contributed by atoms with Gasteiger partial charge in [-0.1, -0.05) is 6.07 Å². The number of aryl methyl sites for hydroxylation is 1. The molecule has 0 saturated heterocycles. The monoisotopic (exact) mass is 418 g/mol. The van der Waals surface area contributed by atoms with Gasteiger partial charge in [0.2, 0.25) is 5.91 Å². The number of nitrogens with one attached hydrogen (secondary N) is 1. The second-order valence-electron chi connectivity index (χ2n) is 6.26. The number of ether oxygens (including phenoxy) is 3. The van der Waals surface area contributed by atoms with Crippen molar-refractivity contribution in [3.63, 3.8) is 0 Å². The van der Waals surface area contributed by atoms with Crippen LogP contribution in [0.5, 0.6) is 17.2 Å². The van der Waals surface area contributed by atoms with Crippen molar-refractivity contribution in [3.8, 4) is 28.5 Å². The number of aromatic nitrogens is 1. The molecule has 0 saturated carbocycles. The average Bonchev–Trinajstić information content (AvgIpc) is 3.28. The Hall–Kier alpha value is -3.20. The third-order valence-electron chi connectivity index (χ3n) is 4.24. The molecule has 3 aromatic rings. The van der Waals surface area contributed by atoms with Crippen molar-refractivity contribution in [1.29, 1.82) is 0 Å². The molecule has 2 heterocycles. The van der Waals surface area contributed by atoms with Crippen LogP contribution in [0, 0.1) is 0 Å². The quantitative estimate of drug-likeness (QED) is 0.628. The third kappa shape index (κ3) is 4.45. The molecule has 0 aliphatic carbocycles. The minimum absolute atomic E-state index is 0.0166. The first-order valence-corrected chi connectivity index (χ1v) is 9.58. The van der Waals surface area contributed by atoms with Crippen molar-refractivity contribution < 1.29 is 27.8 Å². The van der Waals surface area contributed by atoms with E-state index >= 15 is 0 Å². The summed E-state index contributed by atoms with van der Waals surface area (Å²) in [6.07, 6.45) is -3.11. The average molecular weight is 418 g/mol. The molecule has 0 atom stereocenters. The van der Waals surface area contributed by atoms with E-state index in [1.807, 2.05) is 29.6 Å². The van der Waals surface area contributed by atoms with Crippen LogP contribution in [-0.4, -0.2) is 24.3 Å². The number of carbonyl (C=O) groups is 1. The number of nitrogens with zero attached hydrogens (tertiary/aromatic N) is 1. The highest BCUT2D eigenvalue weighted by Crippen LogP contribution is 2.41. The Morgan fingerprint density at radius 1 is 1.17 bits per heavy atom. The SMILES string of the molecule is COc1ccc(-c2csc(NC(=O)CCc3ccc4c(c3)OC(F)(F)O4)n2)cc1. The van der Waals surface area contributed by atoms with Crippen LogP contribution in [0.3, 0.4) is 0 Å². The third-order valence-corrected chi connectivity index (χ3v) is 5.00. The number of halogens is 2. The molecule has 6 nitrogen and oxygen atoms in total.